The maximum atomic E-state index is 12.7. The van der Waals surface area contributed by atoms with E-state index in [1.165, 1.54) is 22.3 Å². The van der Waals surface area contributed by atoms with Gasteiger partial charge in [0.15, 0.2) is 0 Å². The maximum Gasteiger partial charge on any atom is 0.337 e. The van der Waals surface area contributed by atoms with Crippen LogP contribution < -0.4 is 0 Å². The number of carbonyl (C=O) groups excluding carboxylic acids is 1. The van der Waals surface area contributed by atoms with Gasteiger partial charge in [0, 0.05) is 22.1 Å². The Labute approximate surface area is 351 Å². The van der Waals surface area contributed by atoms with Crippen molar-refractivity contribution in [1.82, 2.24) is 0 Å². The number of hydrogen-bond acceptors (Lipinski definition) is 2. The number of nitrogens with zero attached hydrogens (tertiary/aromatic N) is 2. The SMILES string of the molecule is CC(C)(C)c1cc([N-]c2ccccc2C(C)(C)C)c([NH-])c(C(C)(C)C)c1.[CH2-]c1c([N-]c2ccccc2C(=O)OC(C)(C)C)cc(C(C)(C)C)cc1C(C)(C)C.[Ni]. The van der Waals surface area contributed by atoms with Crippen LogP contribution in [0.5, 0.6) is 0 Å². The van der Waals surface area contributed by atoms with Crippen LogP contribution in [0.3, 0.4) is 0 Å². The summed E-state index contributed by atoms with van der Waals surface area (Å²) in [5.74, 6) is -0.370. The monoisotopic (exact) mass is 801 g/mol. The summed E-state index contributed by atoms with van der Waals surface area (Å²) in [7, 11) is 0. The third kappa shape index (κ3) is 12.8. The molecule has 0 saturated heterocycles. The van der Waals surface area contributed by atoms with Gasteiger partial charge in [0.25, 0.3) is 0 Å². The first-order valence-electron chi connectivity index (χ1n) is 19.6. The summed E-state index contributed by atoms with van der Waals surface area (Å²) in [5, 5.41) is 9.84. The Balaban J connectivity index is 0.000000382. The molecule has 0 bridgehead atoms. The Morgan fingerprint density at radius 3 is 1.39 bits per heavy atom. The number of hydrogen-bond donors (Lipinski definition) is 0. The summed E-state index contributed by atoms with van der Waals surface area (Å²) in [6.45, 7) is 42.8. The van der Waals surface area contributed by atoms with Crippen LogP contribution in [-0.2, 0) is 48.3 Å². The van der Waals surface area contributed by atoms with E-state index in [0.29, 0.717) is 16.9 Å². The minimum Gasteiger partial charge on any atom is -0.715 e. The molecule has 0 spiro atoms. The number of para-hydroxylation sites is 2. The molecule has 310 valence electrons. The fraction of sp³-hybridized carbons (Fsp3) is 0.480. The molecule has 0 atom stereocenters. The van der Waals surface area contributed by atoms with Gasteiger partial charge in [-0.15, -0.1) is 29.1 Å². The molecule has 0 saturated carbocycles. The second-order valence-electron chi connectivity index (χ2n) is 20.9. The summed E-state index contributed by atoms with van der Waals surface area (Å²) in [6, 6.07) is 24.2. The van der Waals surface area contributed by atoms with E-state index in [4.69, 9.17) is 21.1 Å². The zero-order valence-corrected chi connectivity index (χ0v) is 38.7. The molecule has 0 aromatic heterocycles. The van der Waals surface area contributed by atoms with Gasteiger partial charge >= 0.3 is 5.97 Å². The molecule has 4 aromatic rings. The van der Waals surface area contributed by atoms with Crippen LogP contribution in [0.2, 0.25) is 0 Å². The first-order valence-corrected chi connectivity index (χ1v) is 19.6. The average molecular weight is 803 g/mol. The smallest absolute Gasteiger partial charge is 0.337 e. The number of esters is 1. The van der Waals surface area contributed by atoms with Gasteiger partial charge in [-0.05, 0) is 54.1 Å². The van der Waals surface area contributed by atoms with Gasteiger partial charge in [0.2, 0.25) is 0 Å². The fourth-order valence-electron chi connectivity index (χ4n) is 6.14. The molecule has 4 aromatic carbocycles. The summed E-state index contributed by atoms with van der Waals surface area (Å²) >= 11 is 0. The Morgan fingerprint density at radius 1 is 0.518 bits per heavy atom. The molecular weight excluding hydrogens is 733 g/mol. The quantitative estimate of drug-likeness (QED) is 0.114. The zero-order valence-electron chi connectivity index (χ0n) is 37.7. The normalized spacial score (nSPS) is 12.5. The van der Waals surface area contributed by atoms with Gasteiger partial charge in [0.1, 0.15) is 5.60 Å². The molecule has 0 heterocycles. The topological polar surface area (TPSA) is 78.3 Å². The standard InChI is InChI=1S/C26H36NO2.C24H34N2.Ni/c1-17-20(25(5,6)7)15-18(24(2,3)4)16-22(17)27-21-14-12-11-13-19(21)23(28)29-26(8,9)10;1-22(2,3)16-14-18(24(7,8)9)21(25)20(15-16)26-19-13-11-10-12-17(19)23(4,5)6;/h11-16H,1H2,2-10H3,(H,27,28);10-15,25H,1-9H3;/q-1;-2;/p-1. The molecule has 0 radical (unpaired) electrons. The summed E-state index contributed by atoms with van der Waals surface area (Å²) < 4.78 is 5.57. The first-order chi connectivity index (χ1) is 24.8. The van der Waals surface area contributed by atoms with E-state index in [9.17, 15) is 4.79 Å². The summed E-state index contributed by atoms with van der Waals surface area (Å²) in [4.78, 5) is 12.7. The van der Waals surface area contributed by atoms with Gasteiger partial charge in [-0.2, -0.15) is 18.3 Å². The predicted molar refractivity (Wildman–Crippen MR) is 238 cm³/mol. The molecule has 0 unspecified atom stereocenters. The number of benzene rings is 4. The molecule has 0 aliphatic rings. The minimum absolute atomic E-state index is 0. The van der Waals surface area contributed by atoms with Crippen LogP contribution in [0.25, 0.3) is 16.4 Å². The Kier molecular flexibility index (Phi) is 14.9. The van der Waals surface area contributed by atoms with E-state index < -0.39 is 5.60 Å². The van der Waals surface area contributed by atoms with E-state index in [-0.39, 0.29) is 49.5 Å². The summed E-state index contributed by atoms with van der Waals surface area (Å²) in [6.07, 6.45) is 0. The van der Waals surface area contributed by atoms with Crippen molar-refractivity contribution in [3.8, 4) is 0 Å². The maximum absolute atomic E-state index is 12.7. The van der Waals surface area contributed by atoms with E-state index in [0.717, 1.165) is 28.2 Å². The third-order valence-corrected chi connectivity index (χ3v) is 9.41. The van der Waals surface area contributed by atoms with Crippen molar-refractivity contribution in [2.24, 2.45) is 0 Å². The van der Waals surface area contributed by atoms with Crippen molar-refractivity contribution < 1.29 is 26.0 Å². The van der Waals surface area contributed by atoms with Crippen molar-refractivity contribution >= 4 is 34.4 Å². The molecule has 1 N–H and O–H groups in total. The largest absolute Gasteiger partial charge is 0.715 e. The number of carbonyl (C=O) groups is 1. The van der Waals surface area contributed by atoms with E-state index >= 15 is 0 Å². The van der Waals surface area contributed by atoms with Gasteiger partial charge in [-0.25, -0.2) is 16.0 Å². The first kappa shape index (κ1) is 48.3. The molecule has 56 heavy (non-hydrogen) atoms. The van der Waals surface area contributed by atoms with E-state index in [1.807, 2.05) is 45.0 Å². The number of rotatable bonds is 5. The van der Waals surface area contributed by atoms with Crippen molar-refractivity contribution in [3.63, 3.8) is 0 Å². The molecule has 0 fully saturated rings. The van der Waals surface area contributed by atoms with Crippen molar-refractivity contribution in [3.05, 3.63) is 135 Å². The molecular formula is C50H69N3NiO2-4. The molecule has 4 rings (SSSR count). The van der Waals surface area contributed by atoms with Crippen molar-refractivity contribution in [2.75, 3.05) is 0 Å². The molecule has 0 aliphatic heterocycles. The number of ether oxygens (including phenoxy) is 1. The molecule has 0 aliphatic carbocycles. The van der Waals surface area contributed by atoms with Crippen molar-refractivity contribution in [1.29, 1.82) is 0 Å². The van der Waals surface area contributed by atoms with E-state index in [2.05, 4.69) is 153 Å². The second kappa shape index (κ2) is 17.3. The minimum atomic E-state index is -0.562. The predicted octanol–water partition coefficient (Wildman–Crippen LogP) is 16.4. The Bertz CT molecular complexity index is 1970. The molecule has 5 nitrogen and oxygen atoms in total. The van der Waals surface area contributed by atoms with Gasteiger partial charge in [0.05, 0.1) is 0 Å². The van der Waals surface area contributed by atoms with Crippen LogP contribution in [0, 0.1) is 6.92 Å². The van der Waals surface area contributed by atoms with Crippen LogP contribution in [0.15, 0.2) is 72.8 Å². The third-order valence-electron chi connectivity index (χ3n) is 9.41. The fourth-order valence-corrected chi connectivity index (χ4v) is 6.14. The van der Waals surface area contributed by atoms with Gasteiger partial charge in [-0.3, -0.25) is 0 Å². The van der Waals surface area contributed by atoms with Crippen LogP contribution in [0.1, 0.15) is 168 Å². The zero-order chi connectivity index (χ0) is 42.1. The van der Waals surface area contributed by atoms with E-state index in [1.54, 1.807) is 6.07 Å². The van der Waals surface area contributed by atoms with Gasteiger partial charge < -0.3 is 21.1 Å². The Hall–Kier alpha value is -3.89. The summed E-state index contributed by atoms with van der Waals surface area (Å²) in [5.41, 5.74) is 18.9. The Morgan fingerprint density at radius 2 is 0.929 bits per heavy atom. The van der Waals surface area contributed by atoms with Crippen LogP contribution >= 0.6 is 0 Å². The van der Waals surface area contributed by atoms with Crippen LogP contribution in [-0.4, -0.2) is 11.6 Å². The molecule has 0 amide bonds. The van der Waals surface area contributed by atoms with Crippen LogP contribution in [0.4, 0.5) is 28.4 Å². The second-order valence-corrected chi connectivity index (χ2v) is 20.9. The van der Waals surface area contributed by atoms with Crippen molar-refractivity contribution in [2.45, 2.75) is 157 Å². The van der Waals surface area contributed by atoms with Gasteiger partial charge in [-0.1, -0.05) is 181 Å². The average Bonchev–Trinajstić information content (AvgIpc) is 3.00. The number of nitrogens with one attached hydrogen (secondary N) is 1. The molecule has 6 heteroatoms.